The molecule has 3 rings (SSSR count). The number of hydrogen-bond donors (Lipinski definition) is 1. The van der Waals surface area contributed by atoms with Crippen LogP contribution in [0.25, 0.3) is 0 Å². The molecule has 0 spiro atoms. The van der Waals surface area contributed by atoms with E-state index in [1.54, 1.807) is 0 Å². The second kappa shape index (κ2) is 5.20. The zero-order chi connectivity index (χ0) is 15.2. The molecule has 4 nitrogen and oxygen atoms in total. The van der Waals surface area contributed by atoms with Crippen molar-refractivity contribution in [2.75, 3.05) is 23.3 Å². The van der Waals surface area contributed by atoms with E-state index in [1.807, 2.05) is 32.9 Å². The highest BCUT2D eigenvalue weighted by Crippen LogP contribution is 2.47. The Morgan fingerprint density at radius 1 is 1.33 bits per heavy atom. The number of nitrogens with one attached hydrogen (secondary N) is 1. The summed E-state index contributed by atoms with van der Waals surface area (Å²) in [5.41, 5.74) is 1.39. The van der Waals surface area contributed by atoms with Crippen LogP contribution < -0.4 is 10.2 Å². The van der Waals surface area contributed by atoms with Crippen LogP contribution in [0.5, 0.6) is 0 Å². The molecule has 0 bridgehead atoms. The Morgan fingerprint density at radius 2 is 2.00 bits per heavy atom. The Labute approximate surface area is 134 Å². The molecule has 114 valence electrons. The number of anilines is 2. The van der Waals surface area contributed by atoms with Gasteiger partial charge in [-0.3, -0.25) is 5.32 Å². The minimum Gasteiger partial charge on any atom is -0.444 e. The van der Waals surface area contributed by atoms with Gasteiger partial charge in [-0.05, 0) is 57.2 Å². The molecule has 1 saturated heterocycles. The number of fused-ring (bicyclic) bond motifs is 1. The van der Waals surface area contributed by atoms with Gasteiger partial charge in [0, 0.05) is 17.6 Å². The maximum atomic E-state index is 12.0. The van der Waals surface area contributed by atoms with E-state index in [2.05, 4.69) is 32.2 Å². The minimum absolute atomic E-state index is 0.407. The fourth-order valence-electron chi connectivity index (χ4n) is 2.88. The van der Waals surface area contributed by atoms with E-state index in [0.29, 0.717) is 0 Å². The van der Waals surface area contributed by atoms with Gasteiger partial charge in [0.1, 0.15) is 5.60 Å². The molecule has 1 aliphatic carbocycles. The van der Waals surface area contributed by atoms with Gasteiger partial charge in [0.05, 0.1) is 11.4 Å². The Hall–Kier alpha value is -1.23. The summed E-state index contributed by atoms with van der Waals surface area (Å²) in [6, 6.07) is 5.93. The molecule has 0 aromatic heterocycles. The molecule has 1 aliphatic heterocycles. The average Bonchev–Trinajstić information content (AvgIpc) is 2.96. The van der Waals surface area contributed by atoms with Crippen molar-refractivity contribution in [2.24, 2.45) is 11.8 Å². The van der Waals surface area contributed by atoms with Gasteiger partial charge in [0.25, 0.3) is 0 Å². The molecule has 1 saturated carbocycles. The number of piperidine rings is 1. The lowest BCUT2D eigenvalue weighted by Gasteiger charge is -2.25. The number of carbonyl (C=O) groups excluding carboxylic acids is 1. The van der Waals surface area contributed by atoms with E-state index in [0.717, 1.165) is 40.8 Å². The molecule has 2 fully saturated rings. The van der Waals surface area contributed by atoms with Crippen LogP contribution in [0.2, 0.25) is 0 Å². The van der Waals surface area contributed by atoms with E-state index in [9.17, 15) is 4.79 Å². The van der Waals surface area contributed by atoms with Gasteiger partial charge in [0.2, 0.25) is 0 Å². The van der Waals surface area contributed by atoms with Crippen LogP contribution in [-0.2, 0) is 4.74 Å². The van der Waals surface area contributed by atoms with Gasteiger partial charge in [-0.2, -0.15) is 0 Å². The predicted octanol–water partition coefficient (Wildman–Crippen LogP) is 4.25. The number of rotatable bonds is 2. The third-order valence-electron chi connectivity index (χ3n) is 3.91. The Balaban J connectivity index is 1.76. The summed E-state index contributed by atoms with van der Waals surface area (Å²) < 4.78 is 6.36. The van der Waals surface area contributed by atoms with E-state index < -0.39 is 11.7 Å². The number of halogens is 1. The summed E-state index contributed by atoms with van der Waals surface area (Å²) in [5, 5.41) is 2.88. The summed E-state index contributed by atoms with van der Waals surface area (Å²) >= 11 is 3.51. The van der Waals surface area contributed by atoms with Crippen molar-refractivity contribution < 1.29 is 9.53 Å². The van der Waals surface area contributed by atoms with Gasteiger partial charge in [-0.15, -0.1) is 0 Å². The summed E-state index contributed by atoms with van der Waals surface area (Å²) in [6.45, 7) is 7.77. The summed E-state index contributed by atoms with van der Waals surface area (Å²) in [4.78, 5) is 14.3. The van der Waals surface area contributed by atoms with E-state index >= 15 is 0 Å². The first-order valence-electron chi connectivity index (χ1n) is 7.36. The lowest BCUT2D eigenvalue weighted by atomic mass is 10.2. The maximum Gasteiger partial charge on any atom is 0.412 e. The molecular formula is C16H21BrN2O2. The van der Waals surface area contributed by atoms with E-state index in [4.69, 9.17) is 4.74 Å². The highest BCUT2D eigenvalue weighted by atomic mass is 79.9. The van der Waals surface area contributed by atoms with Crippen LogP contribution in [0.15, 0.2) is 22.7 Å². The smallest absolute Gasteiger partial charge is 0.412 e. The van der Waals surface area contributed by atoms with Crippen LogP contribution in [0, 0.1) is 11.8 Å². The quantitative estimate of drug-likeness (QED) is 0.864. The number of nitrogens with zero attached hydrogens (tertiary/aromatic N) is 1. The van der Waals surface area contributed by atoms with Crippen molar-refractivity contribution >= 4 is 33.4 Å². The lowest BCUT2D eigenvalue weighted by Crippen LogP contribution is -2.28. The molecule has 1 amide bonds. The van der Waals surface area contributed by atoms with Crippen molar-refractivity contribution in [3.8, 4) is 0 Å². The van der Waals surface area contributed by atoms with Crippen LogP contribution in [0.4, 0.5) is 16.2 Å². The van der Waals surface area contributed by atoms with Crippen LogP contribution in [-0.4, -0.2) is 24.8 Å². The first-order chi connectivity index (χ1) is 9.82. The highest BCUT2D eigenvalue weighted by Gasteiger charge is 2.45. The van der Waals surface area contributed by atoms with E-state index in [1.165, 1.54) is 6.42 Å². The fraction of sp³-hybridized carbons (Fsp3) is 0.562. The van der Waals surface area contributed by atoms with Gasteiger partial charge < -0.3 is 9.64 Å². The monoisotopic (exact) mass is 352 g/mol. The third-order valence-corrected chi connectivity index (χ3v) is 4.41. The van der Waals surface area contributed by atoms with E-state index in [-0.39, 0.29) is 0 Å². The zero-order valence-electron chi connectivity index (χ0n) is 12.6. The molecular weight excluding hydrogens is 332 g/mol. The first kappa shape index (κ1) is 14.7. The van der Waals surface area contributed by atoms with Crippen molar-refractivity contribution in [3.63, 3.8) is 0 Å². The van der Waals surface area contributed by atoms with Crippen molar-refractivity contribution in [3.05, 3.63) is 22.7 Å². The molecule has 1 heterocycles. The molecule has 2 unspecified atom stereocenters. The van der Waals surface area contributed by atoms with Gasteiger partial charge in [-0.25, -0.2) is 4.79 Å². The Kier molecular flexibility index (Phi) is 3.64. The molecule has 1 aromatic rings. The van der Waals surface area contributed by atoms with Gasteiger partial charge in [0.15, 0.2) is 0 Å². The average molecular weight is 353 g/mol. The molecule has 1 N–H and O–H groups in total. The highest BCUT2D eigenvalue weighted by molar-refractivity contribution is 9.10. The molecule has 2 atom stereocenters. The summed E-state index contributed by atoms with van der Waals surface area (Å²) in [6.07, 6.45) is 0.953. The van der Waals surface area contributed by atoms with Crippen molar-refractivity contribution in [1.29, 1.82) is 0 Å². The largest absolute Gasteiger partial charge is 0.444 e. The number of amides is 1. The summed E-state index contributed by atoms with van der Waals surface area (Å²) in [7, 11) is 0. The SMILES string of the molecule is CC(C)(C)OC(=O)Nc1ccc(Br)cc1N1CC2CC2C1. The third kappa shape index (κ3) is 3.51. The van der Waals surface area contributed by atoms with Gasteiger partial charge >= 0.3 is 6.09 Å². The minimum atomic E-state index is -0.491. The summed E-state index contributed by atoms with van der Waals surface area (Å²) in [5.74, 6) is 1.69. The lowest BCUT2D eigenvalue weighted by molar-refractivity contribution is 0.0636. The molecule has 21 heavy (non-hydrogen) atoms. The molecule has 1 aromatic carbocycles. The topological polar surface area (TPSA) is 41.6 Å². The van der Waals surface area contributed by atoms with Crippen molar-refractivity contribution in [1.82, 2.24) is 0 Å². The normalized spacial score (nSPS) is 23.7. The standard InChI is InChI=1S/C16H21BrN2O2/c1-16(2,3)21-15(20)18-13-5-4-12(17)7-14(13)19-8-10-6-11(10)9-19/h4-5,7,10-11H,6,8-9H2,1-3H3,(H,18,20). The van der Waals surface area contributed by atoms with Crippen LogP contribution in [0.1, 0.15) is 27.2 Å². The number of ether oxygens (including phenoxy) is 1. The molecule has 2 aliphatic rings. The molecule has 5 heteroatoms. The Morgan fingerprint density at radius 3 is 2.62 bits per heavy atom. The second-order valence-electron chi connectivity index (χ2n) is 6.95. The zero-order valence-corrected chi connectivity index (χ0v) is 14.2. The van der Waals surface area contributed by atoms with Crippen LogP contribution in [0.3, 0.4) is 0 Å². The maximum absolute atomic E-state index is 12.0. The number of hydrogen-bond acceptors (Lipinski definition) is 3. The molecule has 0 radical (unpaired) electrons. The fourth-order valence-corrected chi connectivity index (χ4v) is 3.23. The van der Waals surface area contributed by atoms with Gasteiger partial charge in [-0.1, -0.05) is 15.9 Å². The van der Waals surface area contributed by atoms with Crippen LogP contribution >= 0.6 is 15.9 Å². The van der Waals surface area contributed by atoms with Crippen molar-refractivity contribution in [2.45, 2.75) is 32.8 Å². The number of benzene rings is 1. The number of carbonyl (C=O) groups is 1. The first-order valence-corrected chi connectivity index (χ1v) is 8.15. The second-order valence-corrected chi connectivity index (χ2v) is 7.86. The Bertz CT molecular complexity index is 558. The predicted molar refractivity (Wildman–Crippen MR) is 87.8 cm³/mol.